The Labute approximate surface area is 171 Å². The number of aryl methyl sites for hydroxylation is 1. The predicted molar refractivity (Wildman–Crippen MR) is 112 cm³/mol. The normalized spacial score (nSPS) is 19.4. The van der Waals surface area contributed by atoms with Gasteiger partial charge < -0.3 is 0 Å². The molecule has 0 aliphatic carbocycles. The molecule has 27 heavy (non-hydrogen) atoms. The molecule has 2 heterocycles. The second-order valence-electron chi connectivity index (χ2n) is 7.11. The Morgan fingerprint density at radius 2 is 1.93 bits per heavy atom. The molecule has 1 fully saturated rings. The van der Waals surface area contributed by atoms with Crippen LogP contribution < -0.4 is 0 Å². The van der Waals surface area contributed by atoms with E-state index in [0.29, 0.717) is 29.4 Å². The van der Waals surface area contributed by atoms with Crippen LogP contribution in [0.15, 0.2) is 29.2 Å². The van der Waals surface area contributed by atoms with Crippen LogP contribution in [-0.4, -0.2) is 41.3 Å². The Balaban J connectivity index is 1.86. The number of aromatic nitrogens is 2. The number of hydrogen-bond donors (Lipinski definition) is 0. The molecule has 5 nitrogen and oxygen atoms in total. The fourth-order valence-electron chi connectivity index (χ4n) is 3.63. The van der Waals surface area contributed by atoms with Crippen molar-refractivity contribution in [1.82, 2.24) is 14.1 Å². The molecule has 148 valence electrons. The summed E-state index contributed by atoms with van der Waals surface area (Å²) in [6.45, 7) is 8.61. The lowest BCUT2D eigenvalue weighted by Crippen LogP contribution is -2.33. The van der Waals surface area contributed by atoms with E-state index in [0.717, 1.165) is 22.8 Å². The Hall–Kier alpha value is -1.02. The predicted octanol–water partition coefficient (Wildman–Crippen LogP) is 4.60. The average molecular weight is 428 g/mol. The van der Waals surface area contributed by atoms with Crippen molar-refractivity contribution in [1.29, 1.82) is 0 Å². The third-order valence-corrected chi connectivity index (χ3v) is 8.70. The van der Waals surface area contributed by atoms with Gasteiger partial charge in [0.2, 0.25) is 10.0 Å². The number of hydrogen-bond acceptors (Lipinski definition) is 4. The van der Waals surface area contributed by atoms with Gasteiger partial charge in [-0.2, -0.15) is 21.2 Å². The van der Waals surface area contributed by atoms with E-state index in [9.17, 15) is 8.42 Å². The van der Waals surface area contributed by atoms with Crippen molar-refractivity contribution in [3.05, 3.63) is 46.2 Å². The van der Waals surface area contributed by atoms with Gasteiger partial charge in [0, 0.05) is 35.2 Å². The van der Waals surface area contributed by atoms with E-state index in [-0.39, 0.29) is 11.3 Å². The topological polar surface area (TPSA) is 55.2 Å². The monoisotopic (exact) mass is 427 g/mol. The standard InChI is InChI=1S/C19H26ClN3O2S2/c1-13(2)23-15(4)19(14(3)21-23)27(24,25)22-10-9-18(26-12-11-22)16-7-5-6-8-17(16)20/h5-8,13,18H,9-12H2,1-4H3/t18-/m1/s1. The van der Waals surface area contributed by atoms with Crippen molar-refractivity contribution in [2.75, 3.05) is 18.8 Å². The third kappa shape index (κ3) is 4.06. The van der Waals surface area contributed by atoms with Crippen LogP contribution in [-0.2, 0) is 10.0 Å². The molecule has 0 radical (unpaired) electrons. The Bertz CT molecular complexity index is 925. The molecule has 0 bridgehead atoms. The van der Waals surface area contributed by atoms with Crippen LogP contribution >= 0.6 is 23.4 Å². The first-order chi connectivity index (χ1) is 12.7. The zero-order valence-electron chi connectivity index (χ0n) is 16.1. The molecule has 0 unspecified atom stereocenters. The van der Waals surface area contributed by atoms with Gasteiger partial charge >= 0.3 is 0 Å². The van der Waals surface area contributed by atoms with Crippen LogP contribution in [0.2, 0.25) is 5.02 Å². The number of benzene rings is 1. The van der Waals surface area contributed by atoms with Crippen molar-refractivity contribution in [3.63, 3.8) is 0 Å². The van der Waals surface area contributed by atoms with Crippen molar-refractivity contribution < 1.29 is 8.42 Å². The van der Waals surface area contributed by atoms with Gasteiger partial charge in [-0.05, 0) is 45.7 Å². The molecule has 0 saturated carbocycles. The minimum Gasteiger partial charge on any atom is -0.266 e. The second kappa shape index (κ2) is 8.15. The van der Waals surface area contributed by atoms with Gasteiger partial charge in [0.05, 0.1) is 11.4 Å². The zero-order chi connectivity index (χ0) is 19.8. The zero-order valence-corrected chi connectivity index (χ0v) is 18.5. The molecule has 8 heteroatoms. The minimum absolute atomic E-state index is 0.122. The quantitative estimate of drug-likeness (QED) is 0.715. The van der Waals surface area contributed by atoms with E-state index in [1.807, 2.05) is 45.0 Å². The number of halogens is 1. The maximum absolute atomic E-state index is 13.4. The van der Waals surface area contributed by atoms with Crippen LogP contribution in [0.25, 0.3) is 0 Å². The third-order valence-electron chi connectivity index (χ3n) is 4.90. The highest BCUT2D eigenvalue weighted by Crippen LogP contribution is 2.39. The molecular formula is C19H26ClN3O2S2. The lowest BCUT2D eigenvalue weighted by molar-refractivity contribution is 0.427. The molecule has 1 aliphatic rings. The highest BCUT2D eigenvalue weighted by atomic mass is 35.5. The molecule has 2 aromatic rings. The van der Waals surface area contributed by atoms with E-state index in [1.165, 1.54) is 0 Å². The fourth-order valence-corrected chi connectivity index (χ4v) is 7.16. The minimum atomic E-state index is -3.57. The number of sulfonamides is 1. The van der Waals surface area contributed by atoms with Gasteiger partial charge in [-0.25, -0.2) is 8.42 Å². The number of thioether (sulfide) groups is 1. The van der Waals surface area contributed by atoms with Crippen LogP contribution in [0, 0.1) is 13.8 Å². The summed E-state index contributed by atoms with van der Waals surface area (Å²) in [7, 11) is -3.57. The van der Waals surface area contributed by atoms with Gasteiger partial charge in [0.15, 0.2) is 0 Å². The van der Waals surface area contributed by atoms with Crippen LogP contribution in [0.1, 0.15) is 48.5 Å². The summed E-state index contributed by atoms with van der Waals surface area (Å²) in [5.74, 6) is 0.742. The summed E-state index contributed by atoms with van der Waals surface area (Å²) in [5, 5.41) is 5.41. The van der Waals surface area contributed by atoms with Crippen molar-refractivity contribution in [2.45, 2.75) is 50.3 Å². The van der Waals surface area contributed by atoms with Gasteiger partial charge in [-0.3, -0.25) is 4.68 Å². The van der Waals surface area contributed by atoms with Crippen LogP contribution in [0.4, 0.5) is 0 Å². The van der Waals surface area contributed by atoms with Crippen LogP contribution in [0.3, 0.4) is 0 Å². The van der Waals surface area contributed by atoms with E-state index in [4.69, 9.17) is 11.6 Å². The van der Waals surface area contributed by atoms with Crippen LogP contribution in [0.5, 0.6) is 0 Å². The lowest BCUT2D eigenvalue weighted by atomic mass is 10.1. The molecule has 3 rings (SSSR count). The smallest absolute Gasteiger partial charge is 0.246 e. The van der Waals surface area contributed by atoms with Crippen molar-refractivity contribution >= 4 is 33.4 Å². The summed E-state index contributed by atoms with van der Waals surface area (Å²) in [5.41, 5.74) is 2.37. The Morgan fingerprint density at radius 3 is 2.56 bits per heavy atom. The molecule has 1 atom stereocenters. The van der Waals surface area contributed by atoms with Crippen molar-refractivity contribution in [2.24, 2.45) is 0 Å². The summed E-state index contributed by atoms with van der Waals surface area (Å²) in [6, 6.07) is 7.95. The first kappa shape index (κ1) is 20.7. The molecule has 0 N–H and O–H groups in total. The molecule has 1 aromatic carbocycles. The maximum atomic E-state index is 13.4. The SMILES string of the molecule is Cc1nn(C(C)C)c(C)c1S(=O)(=O)N1CCS[C@@H](c2ccccc2Cl)CC1. The Kier molecular flexibility index (Phi) is 6.25. The summed E-state index contributed by atoms with van der Waals surface area (Å²) in [6.07, 6.45) is 0.740. The molecule has 0 spiro atoms. The highest BCUT2D eigenvalue weighted by Gasteiger charge is 2.33. The summed E-state index contributed by atoms with van der Waals surface area (Å²) >= 11 is 8.12. The van der Waals surface area contributed by atoms with Gasteiger partial charge in [0.1, 0.15) is 4.90 Å². The molecule has 1 aliphatic heterocycles. The van der Waals surface area contributed by atoms with Crippen molar-refractivity contribution in [3.8, 4) is 0 Å². The Morgan fingerprint density at radius 1 is 1.22 bits per heavy atom. The van der Waals surface area contributed by atoms with Gasteiger partial charge in [0.25, 0.3) is 0 Å². The summed E-state index contributed by atoms with van der Waals surface area (Å²) in [4.78, 5) is 0.359. The fraction of sp³-hybridized carbons (Fsp3) is 0.526. The first-order valence-corrected chi connectivity index (χ1v) is 12.0. The number of rotatable bonds is 4. The average Bonchev–Trinajstić information content (AvgIpc) is 2.78. The van der Waals surface area contributed by atoms with E-state index >= 15 is 0 Å². The molecular weight excluding hydrogens is 402 g/mol. The lowest BCUT2D eigenvalue weighted by Gasteiger charge is -2.20. The number of nitrogens with zero attached hydrogens (tertiary/aromatic N) is 3. The van der Waals surface area contributed by atoms with Gasteiger partial charge in [-0.15, -0.1) is 0 Å². The molecule has 1 saturated heterocycles. The molecule has 0 amide bonds. The first-order valence-electron chi connectivity index (χ1n) is 9.15. The highest BCUT2D eigenvalue weighted by molar-refractivity contribution is 7.99. The van der Waals surface area contributed by atoms with Gasteiger partial charge in [-0.1, -0.05) is 29.8 Å². The van der Waals surface area contributed by atoms with E-state index < -0.39 is 10.0 Å². The second-order valence-corrected chi connectivity index (χ2v) is 10.7. The van der Waals surface area contributed by atoms with E-state index in [1.54, 1.807) is 27.7 Å². The maximum Gasteiger partial charge on any atom is 0.246 e. The largest absolute Gasteiger partial charge is 0.266 e. The summed E-state index contributed by atoms with van der Waals surface area (Å²) < 4.78 is 30.1. The van der Waals surface area contributed by atoms with E-state index in [2.05, 4.69) is 5.10 Å². The molecule has 1 aromatic heterocycles.